The van der Waals surface area contributed by atoms with E-state index in [1.165, 1.54) is 0 Å². The van der Waals surface area contributed by atoms with Gasteiger partial charge in [-0.3, -0.25) is 9.78 Å². The Morgan fingerprint density at radius 2 is 2.00 bits per heavy atom. The molecule has 0 aliphatic heterocycles. The maximum Gasteiger partial charge on any atom is 0.252 e. The maximum atomic E-state index is 12.4. The molecule has 0 radical (unpaired) electrons. The molecule has 0 saturated carbocycles. The summed E-state index contributed by atoms with van der Waals surface area (Å²) in [5, 5.41) is 12.8. The van der Waals surface area contributed by atoms with E-state index in [0.717, 1.165) is 16.6 Å². The lowest BCUT2D eigenvalue weighted by molar-refractivity contribution is 0.0944. The molecule has 1 atom stereocenters. The molecule has 0 aliphatic carbocycles. The van der Waals surface area contributed by atoms with Crippen LogP contribution in [-0.2, 0) is 0 Å². The predicted octanol–water partition coefficient (Wildman–Crippen LogP) is 2.72. The number of amides is 1. The highest BCUT2D eigenvalue weighted by molar-refractivity contribution is 6.06. The molecule has 1 unspecified atom stereocenters. The summed E-state index contributed by atoms with van der Waals surface area (Å²) in [6.07, 6.45) is 0. The van der Waals surface area contributed by atoms with Gasteiger partial charge < -0.3 is 10.4 Å². The van der Waals surface area contributed by atoms with E-state index in [-0.39, 0.29) is 24.3 Å². The van der Waals surface area contributed by atoms with Crippen LogP contribution < -0.4 is 5.32 Å². The molecule has 0 fully saturated rings. The minimum Gasteiger partial charge on any atom is -0.396 e. The molecule has 0 bridgehead atoms. The van der Waals surface area contributed by atoms with Crippen LogP contribution in [0.4, 0.5) is 0 Å². The molecule has 2 aromatic rings. The Morgan fingerprint density at radius 3 is 2.67 bits per heavy atom. The van der Waals surface area contributed by atoms with Crippen LogP contribution in [0, 0.1) is 5.92 Å². The van der Waals surface area contributed by atoms with Gasteiger partial charge in [-0.05, 0) is 24.0 Å². The molecular weight excluding hydrogens is 264 g/mol. The van der Waals surface area contributed by atoms with Gasteiger partial charge in [0, 0.05) is 24.2 Å². The lowest BCUT2D eigenvalue weighted by atomic mass is 10.0. The number of aromatic nitrogens is 1. The van der Waals surface area contributed by atoms with Gasteiger partial charge in [-0.1, -0.05) is 39.0 Å². The molecule has 112 valence electrons. The van der Waals surface area contributed by atoms with Crippen molar-refractivity contribution < 1.29 is 9.90 Å². The minimum absolute atomic E-state index is 0.0478. The number of aliphatic hydroxyl groups excluding tert-OH is 1. The zero-order valence-electron chi connectivity index (χ0n) is 12.8. The first-order valence-corrected chi connectivity index (χ1v) is 7.31. The topological polar surface area (TPSA) is 62.2 Å². The van der Waals surface area contributed by atoms with Crippen LogP contribution in [0.2, 0.25) is 0 Å². The zero-order valence-corrected chi connectivity index (χ0v) is 12.8. The minimum atomic E-state index is -0.115. The second-order valence-corrected chi connectivity index (χ2v) is 5.76. The highest BCUT2D eigenvalue weighted by Crippen LogP contribution is 2.22. The quantitative estimate of drug-likeness (QED) is 0.888. The van der Waals surface area contributed by atoms with Gasteiger partial charge in [0.25, 0.3) is 5.91 Å². The van der Waals surface area contributed by atoms with E-state index in [1.807, 2.05) is 37.3 Å². The van der Waals surface area contributed by atoms with Crippen molar-refractivity contribution in [2.24, 2.45) is 5.92 Å². The third kappa shape index (κ3) is 3.58. The molecular formula is C17H22N2O2. The van der Waals surface area contributed by atoms with Crippen LogP contribution in [0.3, 0.4) is 0 Å². The third-order valence-corrected chi connectivity index (χ3v) is 3.49. The molecule has 4 nitrogen and oxygen atoms in total. The zero-order chi connectivity index (χ0) is 15.4. The standard InChI is InChI=1S/C17H22N2O2/c1-11(2)16-8-14(17(21)18-9-12(3)10-20)13-6-4-5-7-15(13)19-16/h4-8,11-12,20H,9-10H2,1-3H3,(H,18,21). The largest absolute Gasteiger partial charge is 0.396 e. The van der Waals surface area contributed by atoms with Crippen LogP contribution in [0.15, 0.2) is 30.3 Å². The molecule has 4 heteroatoms. The number of para-hydroxylation sites is 1. The average Bonchev–Trinajstić information content (AvgIpc) is 2.50. The Hall–Kier alpha value is -1.94. The Morgan fingerprint density at radius 1 is 1.29 bits per heavy atom. The van der Waals surface area contributed by atoms with Crippen LogP contribution in [0.5, 0.6) is 0 Å². The lowest BCUT2D eigenvalue weighted by Crippen LogP contribution is -2.29. The van der Waals surface area contributed by atoms with Crippen LogP contribution in [-0.4, -0.2) is 29.1 Å². The van der Waals surface area contributed by atoms with E-state index in [9.17, 15) is 4.79 Å². The normalized spacial score (nSPS) is 12.6. The van der Waals surface area contributed by atoms with Crippen molar-refractivity contribution in [2.45, 2.75) is 26.7 Å². The van der Waals surface area contributed by atoms with Crippen molar-refractivity contribution in [3.63, 3.8) is 0 Å². The van der Waals surface area contributed by atoms with Crippen molar-refractivity contribution in [1.82, 2.24) is 10.3 Å². The first-order valence-electron chi connectivity index (χ1n) is 7.31. The molecule has 0 aliphatic rings. The van der Waals surface area contributed by atoms with Gasteiger partial charge in [-0.15, -0.1) is 0 Å². The fourth-order valence-corrected chi connectivity index (χ4v) is 2.11. The van der Waals surface area contributed by atoms with Gasteiger partial charge in [0.2, 0.25) is 0 Å². The van der Waals surface area contributed by atoms with Crippen LogP contribution in [0.25, 0.3) is 10.9 Å². The summed E-state index contributed by atoms with van der Waals surface area (Å²) in [7, 11) is 0. The fourth-order valence-electron chi connectivity index (χ4n) is 2.11. The average molecular weight is 286 g/mol. The van der Waals surface area contributed by atoms with E-state index in [2.05, 4.69) is 24.1 Å². The molecule has 1 aromatic heterocycles. The number of carbonyl (C=O) groups excluding carboxylic acids is 1. The van der Waals surface area contributed by atoms with Gasteiger partial charge in [0.1, 0.15) is 0 Å². The van der Waals surface area contributed by atoms with Crippen LogP contribution >= 0.6 is 0 Å². The second kappa shape index (κ2) is 6.68. The third-order valence-electron chi connectivity index (χ3n) is 3.49. The smallest absolute Gasteiger partial charge is 0.252 e. The highest BCUT2D eigenvalue weighted by atomic mass is 16.3. The first-order chi connectivity index (χ1) is 10.0. The SMILES string of the molecule is CC(CO)CNC(=O)c1cc(C(C)C)nc2ccccc12. The molecule has 2 rings (SSSR count). The van der Waals surface area contributed by atoms with Crippen molar-refractivity contribution in [1.29, 1.82) is 0 Å². The van der Waals surface area contributed by atoms with Gasteiger partial charge in [0.15, 0.2) is 0 Å². The summed E-state index contributed by atoms with van der Waals surface area (Å²) in [4.78, 5) is 17.0. The van der Waals surface area contributed by atoms with Gasteiger partial charge in [-0.2, -0.15) is 0 Å². The Balaban J connectivity index is 2.38. The van der Waals surface area contributed by atoms with Crippen molar-refractivity contribution >= 4 is 16.8 Å². The van der Waals surface area contributed by atoms with Crippen molar-refractivity contribution in [2.75, 3.05) is 13.2 Å². The number of benzene rings is 1. The van der Waals surface area contributed by atoms with Gasteiger partial charge >= 0.3 is 0 Å². The number of hydrogen-bond acceptors (Lipinski definition) is 3. The number of rotatable bonds is 5. The molecule has 0 saturated heterocycles. The number of nitrogens with zero attached hydrogens (tertiary/aromatic N) is 1. The number of nitrogens with one attached hydrogen (secondary N) is 1. The van der Waals surface area contributed by atoms with E-state index >= 15 is 0 Å². The Kier molecular flexibility index (Phi) is 4.91. The monoisotopic (exact) mass is 286 g/mol. The van der Waals surface area contributed by atoms with E-state index in [0.29, 0.717) is 12.1 Å². The molecule has 1 heterocycles. The van der Waals surface area contributed by atoms with Crippen LogP contribution in [0.1, 0.15) is 42.7 Å². The van der Waals surface area contributed by atoms with E-state index in [1.54, 1.807) is 0 Å². The molecule has 21 heavy (non-hydrogen) atoms. The summed E-state index contributed by atoms with van der Waals surface area (Å²) < 4.78 is 0. The summed E-state index contributed by atoms with van der Waals surface area (Å²) >= 11 is 0. The lowest BCUT2D eigenvalue weighted by Gasteiger charge is -2.13. The summed E-state index contributed by atoms with van der Waals surface area (Å²) in [6, 6.07) is 9.54. The second-order valence-electron chi connectivity index (χ2n) is 5.76. The number of pyridine rings is 1. The number of fused-ring (bicyclic) bond motifs is 1. The summed E-state index contributed by atoms with van der Waals surface area (Å²) in [5.74, 6) is 0.194. The van der Waals surface area contributed by atoms with E-state index in [4.69, 9.17) is 5.11 Å². The number of carbonyl (C=O) groups is 1. The number of hydrogen-bond donors (Lipinski definition) is 2. The van der Waals surface area contributed by atoms with Gasteiger partial charge in [-0.25, -0.2) is 0 Å². The maximum absolute atomic E-state index is 12.4. The highest BCUT2D eigenvalue weighted by Gasteiger charge is 2.14. The van der Waals surface area contributed by atoms with Crippen molar-refractivity contribution in [3.8, 4) is 0 Å². The fraction of sp³-hybridized carbons (Fsp3) is 0.412. The number of aliphatic hydroxyl groups is 1. The molecule has 1 amide bonds. The summed E-state index contributed by atoms with van der Waals surface area (Å²) in [5.41, 5.74) is 2.40. The Labute approximate surface area is 125 Å². The summed E-state index contributed by atoms with van der Waals surface area (Å²) in [6.45, 7) is 6.54. The molecule has 0 spiro atoms. The first kappa shape index (κ1) is 15.4. The Bertz CT molecular complexity index is 638. The predicted molar refractivity (Wildman–Crippen MR) is 84.4 cm³/mol. The molecule has 1 aromatic carbocycles. The van der Waals surface area contributed by atoms with Crippen molar-refractivity contribution in [3.05, 3.63) is 41.6 Å². The van der Waals surface area contributed by atoms with E-state index < -0.39 is 0 Å². The van der Waals surface area contributed by atoms with Gasteiger partial charge in [0.05, 0.1) is 11.1 Å². The molecule has 2 N–H and O–H groups in total.